The Morgan fingerprint density at radius 2 is 1.95 bits per heavy atom. The van der Waals surface area contributed by atoms with Crippen LogP contribution in [0.5, 0.6) is 0 Å². The van der Waals surface area contributed by atoms with Crippen molar-refractivity contribution in [1.82, 2.24) is 4.72 Å². The topological polar surface area (TPSA) is 72.2 Å². The lowest BCUT2D eigenvalue weighted by atomic mass is 9.82. The van der Waals surface area contributed by atoms with Crippen LogP contribution in [0.4, 0.5) is 5.69 Å². The summed E-state index contributed by atoms with van der Waals surface area (Å²) in [7, 11) is -3.54. The lowest BCUT2D eigenvalue weighted by Crippen LogP contribution is -2.33. The minimum atomic E-state index is -3.54. The molecule has 6 heteroatoms. The Bertz CT molecular complexity index is 550. The van der Waals surface area contributed by atoms with Gasteiger partial charge in [0.05, 0.1) is 15.6 Å². The lowest BCUT2D eigenvalue weighted by molar-refractivity contribution is 0.263. The van der Waals surface area contributed by atoms with E-state index in [2.05, 4.69) is 25.5 Å². The van der Waals surface area contributed by atoms with Gasteiger partial charge in [-0.2, -0.15) is 0 Å². The second kappa shape index (κ2) is 5.69. The average molecular weight is 305 g/mol. The first-order valence-electron chi connectivity index (χ1n) is 6.09. The van der Waals surface area contributed by atoms with Crippen LogP contribution in [0.2, 0.25) is 5.02 Å². The number of hydrogen-bond acceptors (Lipinski definition) is 3. The van der Waals surface area contributed by atoms with Crippen LogP contribution in [0.3, 0.4) is 0 Å². The highest BCUT2D eigenvalue weighted by molar-refractivity contribution is 7.89. The molecule has 0 aliphatic rings. The summed E-state index contributed by atoms with van der Waals surface area (Å²) >= 11 is 5.84. The third-order valence-corrected chi connectivity index (χ3v) is 5.09. The minimum absolute atomic E-state index is 0.0429. The van der Waals surface area contributed by atoms with Crippen LogP contribution >= 0.6 is 11.6 Å². The molecule has 0 radical (unpaired) electrons. The minimum Gasteiger partial charge on any atom is -0.398 e. The van der Waals surface area contributed by atoms with Crippen molar-refractivity contribution >= 4 is 27.3 Å². The zero-order valence-electron chi connectivity index (χ0n) is 11.7. The van der Waals surface area contributed by atoms with Crippen LogP contribution in [-0.2, 0) is 10.0 Å². The molecule has 4 nitrogen and oxygen atoms in total. The summed E-state index contributed by atoms with van der Waals surface area (Å²) < 4.78 is 26.8. The second-order valence-electron chi connectivity index (χ2n) is 5.80. The molecule has 0 aliphatic heterocycles. The number of benzene rings is 1. The van der Waals surface area contributed by atoms with E-state index < -0.39 is 10.0 Å². The van der Waals surface area contributed by atoms with Crippen LogP contribution in [0.15, 0.2) is 23.1 Å². The van der Waals surface area contributed by atoms with E-state index in [0.717, 1.165) is 0 Å². The Morgan fingerprint density at radius 3 is 2.42 bits per heavy atom. The van der Waals surface area contributed by atoms with Crippen molar-refractivity contribution in [3.8, 4) is 0 Å². The highest BCUT2D eigenvalue weighted by Crippen LogP contribution is 2.26. The molecule has 1 aromatic rings. The highest BCUT2D eigenvalue weighted by atomic mass is 35.5. The molecule has 1 unspecified atom stereocenters. The predicted octanol–water partition coefficient (Wildman–Crippen LogP) is 2.88. The van der Waals surface area contributed by atoms with Gasteiger partial charge in [0.1, 0.15) is 0 Å². The van der Waals surface area contributed by atoms with Gasteiger partial charge in [-0.15, -0.1) is 0 Å². The van der Waals surface area contributed by atoms with E-state index in [1.54, 1.807) is 0 Å². The molecule has 0 amide bonds. The molecule has 108 valence electrons. The summed E-state index contributed by atoms with van der Waals surface area (Å²) in [6, 6.07) is 4.30. The number of nitrogen functional groups attached to an aromatic ring is 1. The van der Waals surface area contributed by atoms with Crippen molar-refractivity contribution < 1.29 is 8.42 Å². The number of nitrogens with one attached hydrogen (secondary N) is 1. The van der Waals surface area contributed by atoms with Gasteiger partial charge in [0.2, 0.25) is 10.0 Å². The first-order valence-corrected chi connectivity index (χ1v) is 7.95. The van der Waals surface area contributed by atoms with Crippen LogP contribution < -0.4 is 10.5 Å². The van der Waals surface area contributed by atoms with Crippen molar-refractivity contribution in [1.29, 1.82) is 0 Å². The summed E-state index contributed by atoms with van der Waals surface area (Å²) in [5.41, 5.74) is 5.97. The summed E-state index contributed by atoms with van der Waals surface area (Å²) in [5.74, 6) is 0.214. The Morgan fingerprint density at radius 1 is 1.37 bits per heavy atom. The van der Waals surface area contributed by atoms with E-state index in [4.69, 9.17) is 17.3 Å². The molecular weight excluding hydrogens is 284 g/mol. The van der Waals surface area contributed by atoms with Crippen LogP contribution in [0.1, 0.15) is 27.7 Å². The fourth-order valence-corrected chi connectivity index (χ4v) is 2.70. The summed E-state index contributed by atoms with van der Waals surface area (Å²) in [6.07, 6.45) is 0. The average Bonchev–Trinajstić information content (AvgIpc) is 2.28. The smallest absolute Gasteiger partial charge is 0.240 e. The Hall–Kier alpha value is -0.780. The first-order chi connectivity index (χ1) is 8.54. The van der Waals surface area contributed by atoms with Gasteiger partial charge >= 0.3 is 0 Å². The second-order valence-corrected chi connectivity index (χ2v) is 7.98. The molecule has 0 saturated heterocycles. The third kappa shape index (κ3) is 4.37. The van der Waals surface area contributed by atoms with E-state index in [9.17, 15) is 8.42 Å². The number of nitrogens with two attached hydrogens (primary N) is 1. The Kier molecular flexibility index (Phi) is 4.87. The largest absolute Gasteiger partial charge is 0.398 e. The fraction of sp³-hybridized carbons (Fsp3) is 0.538. The Labute approximate surface area is 120 Å². The predicted molar refractivity (Wildman–Crippen MR) is 79.7 cm³/mol. The van der Waals surface area contributed by atoms with Gasteiger partial charge in [-0.1, -0.05) is 39.3 Å². The van der Waals surface area contributed by atoms with Crippen LogP contribution in [-0.4, -0.2) is 15.0 Å². The molecule has 1 rings (SSSR count). The molecular formula is C13H21ClN2O2S. The van der Waals surface area contributed by atoms with E-state index in [1.165, 1.54) is 18.2 Å². The van der Waals surface area contributed by atoms with Gasteiger partial charge in [-0.05, 0) is 29.5 Å². The Balaban J connectivity index is 2.85. The zero-order valence-corrected chi connectivity index (χ0v) is 13.3. The number of halogens is 1. The van der Waals surface area contributed by atoms with E-state index in [0.29, 0.717) is 12.2 Å². The van der Waals surface area contributed by atoms with Gasteiger partial charge < -0.3 is 5.73 Å². The quantitative estimate of drug-likeness (QED) is 0.840. The van der Waals surface area contributed by atoms with Crippen molar-refractivity contribution in [3.63, 3.8) is 0 Å². The van der Waals surface area contributed by atoms with Crippen molar-refractivity contribution in [2.24, 2.45) is 11.3 Å². The molecule has 0 aliphatic carbocycles. The molecule has 0 fully saturated rings. The molecule has 0 aromatic heterocycles. The maximum Gasteiger partial charge on any atom is 0.240 e. The molecule has 1 aromatic carbocycles. The van der Waals surface area contributed by atoms with E-state index in [-0.39, 0.29) is 21.3 Å². The fourth-order valence-electron chi connectivity index (χ4n) is 1.30. The van der Waals surface area contributed by atoms with Crippen LogP contribution in [0, 0.1) is 11.3 Å². The molecule has 0 bridgehead atoms. The monoisotopic (exact) mass is 304 g/mol. The third-order valence-electron chi connectivity index (χ3n) is 3.34. The van der Waals surface area contributed by atoms with Crippen molar-refractivity contribution in [3.05, 3.63) is 23.2 Å². The molecule has 0 saturated carbocycles. The molecule has 19 heavy (non-hydrogen) atoms. The van der Waals surface area contributed by atoms with E-state index in [1.807, 2.05) is 6.92 Å². The standard InChI is InChI=1S/C13H21ClN2O2S/c1-9(13(2,3)4)8-16-19(17,18)10-5-6-12(15)11(14)7-10/h5-7,9,16H,8,15H2,1-4H3. The molecule has 3 N–H and O–H groups in total. The summed E-state index contributed by atoms with van der Waals surface area (Å²) in [4.78, 5) is 0.132. The summed E-state index contributed by atoms with van der Waals surface area (Å²) in [5, 5.41) is 0.242. The van der Waals surface area contributed by atoms with Crippen molar-refractivity contribution in [2.75, 3.05) is 12.3 Å². The molecule has 0 spiro atoms. The van der Waals surface area contributed by atoms with Gasteiger partial charge in [0.15, 0.2) is 0 Å². The maximum atomic E-state index is 12.1. The van der Waals surface area contributed by atoms with Gasteiger partial charge in [0, 0.05) is 6.54 Å². The SMILES string of the molecule is CC(CNS(=O)(=O)c1ccc(N)c(Cl)c1)C(C)(C)C. The maximum absolute atomic E-state index is 12.1. The van der Waals surface area contributed by atoms with E-state index >= 15 is 0 Å². The zero-order chi connectivity index (χ0) is 14.8. The lowest BCUT2D eigenvalue weighted by Gasteiger charge is -2.27. The number of sulfonamides is 1. The highest BCUT2D eigenvalue weighted by Gasteiger charge is 2.23. The van der Waals surface area contributed by atoms with Gasteiger partial charge in [0.25, 0.3) is 0 Å². The van der Waals surface area contributed by atoms with Gasteiger partial charge in [-0.25, -0.2) is 13.1 Å². The van der Waals surface area contributed by atoms with Crippen LogP contribution in [0.25, 0.3) is 0 Å². The molecule has 1 atom stereocenters. The van der Waals surface area contributed by atoms with Crippen molar-refractivity contribution in [2.45, 2.75) is 32.6 Å². The first kappa shape index (κ1) is 16.3. The summed E-state index contributed by atoms with van der Waals surface area (Å²) in [6.45, 7) is 8.62. The molecule has 0 heterocycles. The number of hydrogen-bond donors (Lipinski definition) is 2. The number of rotatable bonds is 4. The number of anilines is 1. The normalized spacial score (nSPS) is 14.4. The van der Waals surface area contributed by atoms with Gasteiger partial charge in [-0.3, -0.25) is 0 Å².